The van der Waals surface area contributed by atoms with Gasteiger partial charge in [0.15, 0.2) is 0 Å². The molecule has 0 aliphatic rings. The van der Waals surface area contributed by atoms with Crippen LogP contribution >= 0.6 is 0 Å². The van der Waals surface area contributed by atoms with Gasteiger partial charge in [-0.2, -0.15) is 0 Å². The van der Waals surface area contributed by atoms with Gasteiger partial charge >= 0.3 is 5.97 Å². The zero-order chi connectivity index (χ0) is 14.8. The Bertz CT molecular complexity index is 350. The first-order valence-electron chi connectivity index (χ1n) is 7.23. The van der Waals surface area contributed by atoms with E-state index in [1.54, 1.807) is 0 Å². The number of rotatable bonds is 5. The lowest BCUT2D eigenvalue weighted by atomic mass is 10.0. The zero-order valence-electron chi connectivity index (χ0n) is 13.2. The van der Waals surface area contributed by atoms with E-state index in [0.29, 0.717) is 12.5 Å². The van der Waals surface area contributed by atoms with Crippen LogP contribution in [-0.2, 0) is 22.6 Å². The van der Waals surface area contributed by atoms with E-state index >= 15 is 0 Å². The Morgan fingerprint density at radius 3 is 1.89 bits per heavy atom. The molecule has 0 saturated heterocycles. The summed E-state index contributed by atoms with van der Waals surface area (Å²) in [4.78, 5) is 11.3. The molecule has 2 heteroatoms. The van der Waals surface area contributed by atoms with E-state index in [1.165, 1.54) is 5.56 Å². The molecule has 0 spiro atoms. The van der Waals surface area contributed by atoms with Crippen LogP contribution in [0.25, 0.3) is 0 Å². The average Bonchev–Trinajstić information content (AvgIpc) is 2.39. The van der Waals surface area contributed by atoms with E-state index in [4.69, 9.17) is 4.74 Å². The minimum atomic E-state index is -0.142. The van der Waals surface area contributed by atoms with Crippen molar-refractivity contribution in [3.63, 3.8) is 0 Å². The second kappa shape index (κ2) is 9.60. The SMILES string of the molecule is CC.CC(C)Cc1ccc(COC(=O)C(C)C)cc1. The molecule has 0 aliphatic heterocycles. The standard InChI is InChI=1S/C15H22O2.C2H6/c1-11(2)9-13-5-7-14(8-6-13)10-17-15(16)12(3)4;1-2/h5-8,11-12H,9-10H2,1-4H3;1-2H3. The molecule has 0 N–H and O–H groups in total. The normalized spacial score (nSPS) is 10.1. The molecule has 1 rings (SSSR count). The molecule has 0 bridgehead atoms. The molecule has 1 aromatic carbocycles. The van der Waals surface area contributed by atoms with Crippen LogP contribution in [0.2, 0.25) is 0 Å². The van der Waals surface area contributed by atoms with Crippen LogP contribution < -0.4 is 0 Å². The van der Waals surface area contributed by atoms with Gasteiger partial charge in [-0.25, -0.2) is 0 Å². The maximum Gasteiger partial charge on any atom is 0.308 e. The lowest BCUT2D eigenvalue weighted by Gasteiger charge is -2.08. The topological polar surface area (TPSA) is 26.3 Å². The summed E-state index contributed by atoms with van der Waals surface area (Å²) in [6.45, 7) is 12.5. The second-order valence-electron chi connectivity index (χ2n) is 5.18. The largest absolute Gasteiger partial charge is 0.461 e. The maximum absolute atomic E-state index is 11.3. The summed E-state index contributed by atoms with van der Waals surface area (Å²) in [5, 5.41) is 0. The van der Waals surface area contributed by atoms with Crippen molar-refractivity contribution in [1.29, 1.82) is 0 Å². The summed E-state index contributed by atoms with van der Waals surface area (Å²) < 4.78 is 5.17. The zero-order valence-corrected chi connectivity index (χ0v) is 13.2. The number of esters is 1. The average molecular weight is 264 g/mol. The van der Waals surface area contributed by atoms with E-state index < -0.39 is 0 Å². The molecular weight excluding hydrogens is 236 g/mol. The quantitative estimate of drug-likeness (QED) is 0.726. The monoisotopic (exact) mass is 264 g/mol. The number of carbonyl (C=O) groups excluding carboxylic acids is 1. The van der Waals surface area contributed by atoms with Crippen LogP contribution in [0.3, 0.4) is 0 Å². The van der Waals surface area contributed by atoms with Gasteiger partial charge in [-0.3, -0.25) is 4.79 Å². The second-order valence-corrected chi connectivity index (χ2v) is 5.18. The smallest absolute Gasteiger partial charge is 0.308 e. The van der Waals surface area contributed by atoms with Crippen molar-refractivity contribution >= 4 is 5.97 Å². The van der Waals surface area contributed by atoms with Crippen molar-refractivity contribution in [2.24, 2.45) is 11.8 Å². The minimum absolute atomic E-state index is 0.0600. The number of hydrogen-bond donors (Lipinski definition) is 0. The van der Waals surface area contributed by atoms with Crippen molar-refractivity contribution in [1.82, 2.24) is 0 Å². The third-order valence-electron chi connectivity index (χ3n) is 2.52. The van der Waals surface area contributed by atoms with Crippen LogP contribution in [0.5, 0.6) is 0 Å². The lowest BCUT2D eigenvalue weighted by Crippen LogP contribution is -2.11. The summed E-state index contributed by atoms with van der Waals surface area (Å²) in [5.74, 6) is 0.464. The van der Waals surface area contributed by atoms with Gasteiger partial charge in [-0.1, -0.05) is 65.8 Å². The molecule has 0 heterocycles. The van der Waals surface area contributed by atoms with Gasteiger partial charge in [0, 0.05) is 0 Å². The highest BCUT2D eigenvalue weighted by Crippen LogP contribution is 2.11. The fourth-order valence-electron chi connectivity index (χ4n) is 1.56. The molecule has 0 atom stereocenters. The van der Waals surface area contributed by atoms with Gasteiger partial charge in [-0.15, -0.1) is 0 Å². The Morgan fingerprint density at radius 1 is 1.00 bits per heavy atom. The molecule has 2 nitrogen and oxygen atoms in total. The third kappa shape index (κ3) is 7.66. The summed E-state index contributed by atoms with van der Waals surface area (Å²) in [5.41, 5.74) is 2.38. The number of ether oxygens (including phenoxy) is 1. The van der Waals surface area contributed by atoms with Gasteiger partial charge in [0.05, 0.1) is 5.92 Å². The van der Waals surface area contributed by atoms with E-state index in [0.717, 1.165) is 12.0 Å². The Labute approximate surface area is 118 Å². The van der Waals surface area contributed by atoms with E-state index in [1.807, 2.05) is 39.8 Å². The summed E-state index contributed by atoms with van der Waals surface area (Å²) >= 11 is 0. The fourth-order valence-corrected chi connectivity index (χ4v) is 1.56. The van der Waals surface area contributed by atoms with Crippen molar-refractivity contribution in [2.75, 3.05) is 0 Å². The number of hydrogen-bond acceptors (Lipinski definition) is 2. The van der Waals surface area contributed by atoms with Crippen LogP contribution in [-0.4, -0.2) is 5.97 Å². The van der Waals surface area contributed by atoms with Gasteiger partial charge in [0.1, 0.15) is 6.61 Å². The van der Waals surface area contributed by atoms with Gasteiger partial charge in [-0.05, 0) is 23.5 Å². The molecule has 0 saturated carbocycles. The van der Waals surface area contributed by atoms with Gasteiger partial charge in [0.2, 0.25) is 0 Å². The third-order valence-corrected chi connectivity index (χ3v) is 2.52. The molecule has 0 amide bonds. The van der Waals surface area contributed by atoms with Crippen LogP contribution in [0.15, 0.2) is 24.3 Å². The Morgan fingerprint density at radius 2 is 1.47 bits per heavy atom. The van der Waals surface area contributed by atoms with Crippen molar-refractivity contribution in [3.8, 4) is 0 Å². The van der Waals surface area contributed by atoms with E-state index in [9.17, 15) is 4.79 Å². The van der Waals surface area contributed by atoms with Crippen LogP contribution in [0.4, 0.5) is 0 Å². The van der Waals surface area contributed by atoms with Crippen LogP contribution in [0.1, 0.15) is 52.7 Å². The molecule has 0 radical (unpaired) electrons. The Balaban J connectivity index is 0.00000154. The summed E-state index contributed by atoms with van der Waals surface area (Å²) in [6.07, 6.45) is 1.09. The molecular formula is C17H28O2. The Hall–Kier alpha value is -1.31. The minimum Gasteiger partial charge on any atom is -0.461 e. The summed E-state index contributed by atoms with van der Waals surface area (Å²) in [7, 11) is 0. The molecule has 19 heavy (non-hydrogen) atoms. The van der Waals surface area contributed by atoms with E-state index in [-0.39, 0.29) is 11.9 Å². The first kappa shape index (κ1) is 17.7. The van der Waals surface area contributed by atoms with Crippen molar-refractivity contribution in [2.45, 2.75) is 54.6 Å². The summed E-state index contributed by atoms with van der Waals surface area (Å²) in [6, 6.07) is 8.29. The van der Waals surface area contributed by atoms with Crippen molar-refractivity contribution in [3.05, 3.63) is 35.4 Å². The maximum atomic E-state index is 11.3. The highest BCUT2D eigenvalue weighted by Gasteiger charge is 2.08. The first-order chi connectivity index (χ1) is 8.99. The molecule has 0 aliphatic carbocycles. The van der Waals surface area contributed by atoms with Crippen molar-refractivity contribution < 1.29 is 9.53 Å². The van der Waals surface area contributed by atoms with Gasteiger partial charge in [0.25, 0.3) is 0 Å². The molecule has 0 fully saturated rings. The molecule has 0 aromatic heterocycles. The van der Waals surface area contributed by atoms with E-state index in [2.05, 4.69) is 26.0 Å². The van der Waals surface area contributed by atoms with Gasteiger partial charge < -0.3 is 4.74 Å². The molecule has 1 aromatic rings. The highest BCUT2D eigenvalue weighted by molar-refractivity contribution is 5.71. The number of benzene rings is 1. The highest BCUT2D eigenvalue weighted by atomic mass is 16.5. The van der Waals surface area contributed by atoms with Crippen LogP contribution in [0, 0.1) is 11.8 Å². The molecule has 0 unspecified atom stereocenters. The fraction of sp³-hybridized carbons (Fsp3) is 0.588. The molecule has 108 valence electrons. The predicted molar refractivity (Wildman–Crippen MR) is 81.0 cm³/mol. The first-order valence-corrected chi connectivity index (χ1v) is 7.23. The lowest BCUT2D eigenvalue weighted by molar-refractivity contribution is -0.148. The number of carbonyl (C=O) groups is 1. The predicted octanol–water partition coefficient (Wildman–Crippen LogP) is 4.61. The Kier molecular flexibility index (Phi) is 8.94.